The normalized spacial score (nSPS) is 19.0. The van der Waals surface area contributed by atoms with E-state index < -0.39 is 11.0 Å². The van der Waals surface area contributed by atoms with Crippen LogP contribution in [0, 0.1) is 16.0 Å². The molecule has 1 aromatic carbocycles. The zero-order valence-corrected chi connectivity index (χ0v) is 14.2. The number of primary amides is 1. The third-order valence-electron chi connectivity index (χ3n) is 4.44. The Balaban J connectivity index is 2.11. The summed E-state index contributed by atoms with van der Waals surface area (Å²) in [6.45, 7) is 2.78. The smallest absolute Gasteiger partial charge is 0.296 e. The largest absolute Gasteiger partial charge is 0.496 e. The molecule has 3 N–H and O–H groups in total. The second-order valence-electron chi connectivity index (χ2n) is 6.04. The van der Waals surface area contributed by atoms with Crippen LogP contribution in [-0.2, 0) is 9.59 Å². The summed E-state index contributed by atoms with van der Waals surface area (Å²) in [4.78, 5) is 36.4. The maximum atomic E-state index is 12.5. The number of hydrogen-bond donors (Lipinski definition) is 2. The van der Waals surface area contributed by atoms with Crippen molar-refractivity contribution in [2.24, 2.45) is 11.7 Å². The number of nitrogens with one attached hydrogen (secondary N) is 1. The summed E-state index contributed by atoms with van der Waals surface area (Å²) in [5, 5.41) is 13.8. The number of methoxy groups -OCH3 is 1. The van der Waals surface area contributed by atoms with E-state index in [1.54, 1.807) is 6.92 Å². The molecule has 0 aromatic heterocycles. The van der Waals surface area contributed by atoms with Crippen LogP contribution in [0.1, 0.15) is 19.8 Å². The summed E-state index contributed by atoms with van der Waals surface area (Å²) in [5.41, 5.74) is 5.22. The molecule has 0 spiro atoms. The molecule has 0 bridgehead atoms. The summed E-state index contributed by atoms with van der Waals surface area (Å²) >= 11 is 0. The fourth-order valence-electron chi connectivity index (χ4n) is 2.89. The Morgan fingerprint density at radius 2 is 2.20 bits per heavy atom. The molecule has 25 heavy (non-hydrogen) atoms. The first kappa shape index (κ1) is 18.7. The van der Waals surface area contributed by atoms with Crippen molar-refractivity contribution in [3.63, 3.8) is 0 Å². The van der Waals surface area contributed by atoms with Gasteiger partial charge in [0.2, 0.25) is 11.8 Å². The third-order valence-corrected chi connectivity index (χ3v) is 4.44. The zero-order valence-electron chi connectivity index (χ0n) is 14.2. The first-order valence-corrected chi connectivity index (χ1v) is 8.00. The molecule has 9 nitrogen and oxygen atoms in total. The van der Waals surface area contributed by atoms with E-state index in [-0.39, 0.29) is 29.1 Å². The highest BCUT2D eigenvalue weighted by molar-refractivity contribution is 5.96. The van der Waals surface area contributed by atoms with Crippen LogP contribution in [0.25, 0.3) is 0 Å². The Bertz CT molecular complexity index is 678. The molecule has 1 aromatic rings. The number of benzene rings is 1. The summed E-state index contributed by atoms with van der Waals surface area (Å²) in [6, 6.07) is 3.69. The van der Waals surface area contributed by atoms with Crippen LogP contribution < -0.4 is 15.8 Å². The van der Waals surface area contributed by atoms with Gasteiger partial charge in [-0.3, -0.25) is 24.6 Å². The number of nitro benzene ring substituents is 1. The van der Waals surface area contributed by atoms with Crippen molar-refractivity contribution in [1.29, 1.82) is 0 Å². The van der Waals surface area contributed by atoms with Crippen LogP contribution in [0.4, 0.5) is 11.4 Å². The first-order valence-electron chi connectivity index (χ1n) is 8.00. The molecule has 2 amide bonds. The lowest BCUT2D eigenvalue weighted by atomic mass is 9.96. The summed E-state index contributed by atoms with van der Waals surface area (Å²) in [7, 11) is 1.41. The maximum absolute atomic E-state index is 12.5. The third kappa shape index (κ3) is 4.44. The van der Waals surface area contributed by atoms with Crippen molar-refractivity contribution in [3.05, 3.63) is 28.3 Å². The number of nitrogens with zero attached hydrogens (tertiary/aromatic N) is 2. The van der Waals surface area contributed by atoms with E-state index in [1.165, 1.54) is 25.3 Å². The van der Waals surface area contributed by atoms with Gasteiger partial charge in [-0.1, -0.05) is 0 Å². The number of hydrogen-bond acceptors (Lipinski definition) is 6. The van der Waals surface area contributed by atoms with Crippen LogP contribution in [0.2, 0.25) is 0 Å². The van der Waals surface area contributed by atoms with Crippen molar-refractivity contribution < 1.29 is 19.2 Å². The minimum absolute atomic E-state index is 0.103. The number of nitrogens with two attached hydrogens (primary N) is 1. The lowest BCUT2D eigenvalue weighted by Crippen LogP contribution is -2.49. The summed E-state index contributed by atoms with van der Waals surface area (Å²) in [5.74, 6) is -0.695. The number of carbonyl (C=O) groups is 2. The Labute approximate surface area is 145 Å². The molecule has 2 rings (SSSR count). The molecule has 1 aliphatic heterocycles. The molecule has 136 valence electrons. The van der Waals surface area contributed by atoms with Crippen LogP contribution in [0.5, 0.6) is 5.75 Å². The van der Waals surface area contributed by atoms with Gasteiger partial charge in [0.25, 0.3) is 5.69 Å². The molecular formula is C16H22N4O5. The maximum Gasteiger partial charge on any atom is 0.296 e. The summed E-state index contributed by atoms with van der Waals surface area (Å²) in [6.07, 6.45) is 1.48. The van der Waals surface area contributed by atoms with Crippen molar-refractivity contribution in [1.82, 2.24) is 4.90 Å². The Hall–Kier alpha value is -2.68. The first-order chi connectivity index (χ1) is 11.8. The van der Waals surface area contributed by atoms with E-state index in [1.807, 2.05) is 4.90 Å². The Kier molecular flexibility index (Phi) is 5.92. The van der Waals surface area contributed by atoms with Crippen molar-refractivity contribution >= 4 is 23.2 Å². The SMILES string of the molecule is COc1ccc(NC(=O)[C@@H](C)N2CCC[C@@H](C(N)=O)C2)c([N+](=O)[O-])c1. The standard InChI is InChI=1S/C16H22N4O5/c1-10(19-7-3-4-11(9-19)15(17)21)16(22)18-13-6-5-12(25-2)8-14(13)20(23)24/h5-6,8,10-11H,3-4,7,9H2,1-2H3,(H2,17,21)(H,18,22)/t10-,11-/m1/s1. The van der Waals surface area contributed by atoms with Crippen molar-refractivity contribution in [3.8, 4) is 5.75 Å². The fourth-order valence-corrected chi connectivity index (χ4v) is 2.89. The summed E-state index contributed by atoms with van der Waals surface area (Å²) < 4.78 is 4.97. The van der Waals surface area contributed by atoms with Crippen molar-refractivity contribution in [2.45, 2.75) is 25.8 Å². The molecule has 1 heterocycles. The molecular weight excluding hydrogens is 328 g/mol. The molecule has 0 unspecified atom stereocenters. The number of nitro groups is 1. The zero-order chi connectivity index (χ0) is 18.6. The van der Waals surface area contributed by atoms with Gasteiger partial charge in [-0.15, -0.1) is 0 Å². The second kappa shape index (κ2) is 7.93. The molecule has 1 saturated heterocycles. The number of piperidine rings is 1. The van der Waals surface area contributed by atoms with Gasteiger partial charge in [0.05, 0.1) is 30.1 Å². The molecule has 2 atom stereocenters. The average Bonchev–Trinajstić information content (AvgIpc) is 2.61. The van der Waals surface area contributed by atoms with Gasteiger partial charge in [0, 0.05) is 6.54 Å². The Morgan fingerprint density at radius 3 is 2.80 bits per heavy atom. The van der Waals surface area contributed by atoms with E-state index in [9.17, 15) is 19.7 Å². The van der Waals surface area contributed by atoms with Crippen LogP contribution >= 0.6 is 0 Å². The van der Waals surface area contributed by atoms with Gasteiger partial charge in [-0.25, -0.2) is 0 Å². The van der Waals surface area contributed by atoms with Gasteiger partial charge in [-0.05, 0) is 38.4 Å². The van der Waals surface area contributed by atoms with E-state index in [2.05, 4.69) is 5.32 Å². The minimum Gasteiger partial charge on any atom is -0.496 e. The van der Waals surface area contributed by atoms with Crippen molar-refractivity contribution in [2.75, 3.05) is 25.5 Å². The minimum atomic E-state index is -0.577. The van der Waals surface area contributed by atoms with Gasteiger partial charge in [0.15, 0.2) is 0 Å². The van der Waals surface area contributed by atoms with Gasteiger partial charge in [-0.2, -0.15) is 0 Å². The number of carbonyl (C=O) groups excluding carboxylic acids is 2. The molecule has 1 fully saturated rings. The lowest BCUT2D eigenvalue weighted by molar-refractivity contribution is -0.384. The second-order valence-corrected chi connectivity index (χ2v) is 6.04. The fraction of sp³-hybridized carbons (Fsp3) is 0.500. The lowest BCUT2D eigenvalue weighted by Gasteiger charge is -2.34. The molecule has 9 heteroatoms. The molecule has 0 saturated carbocycles. The number of likely N-dealkylation sites (tertiary alicyclic amines) is 1. The van der Waals surface area contributed by atoms with Crippen LogP contribution in [-0.4, -0.2) is 47.9 Å². The van der Waals surface area contributed by atoms with Crippen LogP contribution in [0.3, 0.4) is 0 Å². The average molecular weight is 350 g/mol. The number of ether oxygens (including phenoxy) is 1. The van der Waals surface area contributed by atoms with E-state index in [0.29, 0.717) is 25.3 Å². The van der Waals surface area contributed by atoms with E-state index in [0.717, 1.165) is 6.42 Å². The van der Waals surface area contributed by atoms with E-state index >= 15 is 0 Å². The topological polar surface area (TPSA) is 128 Å². The predicted molar refractivity (Wildman–Crippen MR) is 91.2 cm³/mol. The number of anilines is 1. The quantitative estimate of drug-likeness (QED) is 0.584. The van der Waals surface area contributed by atoms with Gasteiger partial charge < -0.3 is 15.8 Å². The van der Waals surface area contributed by atoms with E-state index in [4.69, 9.17) is 10.5 Å². The predicted octanol–water partition coefficient (Wildman–Crippen LogP) is 1.13. The molecule has 1 aliphatic rings. The van der Waals surface area contributed by atoms with Gasteiger partial charge >= 0.3 is 0 Å². The van der Waals surface area contributed by atoms with Crippen LogP contribution in [0.15, 0.2) is 18.2 Å². The highest BCUT2D eigenvalue weighted by Crippen LogP contribution is 2.29. The van der Waals surface area contributed by atoms with Gasteiger partial charge in [0.1, 0.15) is 11.4 Å². The number of amides is 2. The molecule has 0 aliphatic carbocycles. The number of rotatable bonds is 6. The highest BCUT2D eigenvalue weighted by atomic mass is 16.6. The highest BCUT2D eigenvalue weighted by Gasteiger charge is 2.30. The Morgan fingerprint density at radius 1 is 1.48 bits per heavy atom. The molecule has 0 radical (unpaired) electrons. The monoisotopic (exact) mass is 350 g/mol.